The molecule has 0 aromatic heterocycles. The van der Waals surface area contributed by atoms with E-state index in [0.717, 1.165) is 31.4 Å². The zero-order chi connectivity index (χ0) is 16.6. The van der Waals surface area contributed by atoms with Gasteiger partial charge in [-0.2, -0.15) is 0 Å². The Morgan fingerprint density at radius 2 is 1.96 bits per heavy atom. The highest BCUT2D eigenvalue weighted by molar-refractivity contribution is 5.53. The van der Waals surface area contributed by atoms with Crippen molar-refractivity contribution in [1.82, 2.24) is 0 Å². The zero-order valence-corrected chi connectivity index (χ0v) is 14.1. The van der Waals surface area contributed by atoms with E-state index in [-0.39, 0.29) is 5.41 Å². The summed E-state index contributed by atoms with van der Waals surface area (Å²) in [5.74, 6) is 0.685. The molecule has 2 aliphatic rings. The molecule has 0 spiro atoms. The van der Waals surface area contributed by atoms with E-state index in [1.807, 2.05) is 6.07 Å². The number of hydrogen-bond donors (Lipinski definition) is 0. The lowest BCUT2D eigenvalue weighted by atomic mass is 9.54. The SMILES string of the molecule is [C-]#[N+]c1ccc2c(c1)CC[C@@H]1CC(=C)CC[C@@]21Cc1ccccc1. The molecule has 0 bridgehead atoms. The summed E-state index contributed by atoms with van der Waals surface area (Å²) in [7, 11) is 0. The van der Waals surface area contributed by atoms with Gasteiger partial charge in [0.1, 0.15) is 0 Å². The van der Waals surface area contributed by atoms with Gasteiger partial charge in [-0.05, 0) is 55.6 Å². The van der Waals surface area contributed by atoms with Gasteiger partial charge in [0, 0.05) is 5.41 Å². The topological polar surface area (TPSA) is 4.36 Å². The molecular formula is C23H23N. The minimum absolute atomic E-state index is 0.219. The lowest BCUT2D eigenvalue weighted by Crippen LogP contribution is -2.44. The molecule has 1 heteroatoms. The molecule has 1 saturated carbocycles. The van der Waals surface area contributed by atoms with E-state index in [0.29, 0.717) is 5.92 Å². The van der Waals surface area contributed by atoms with Gasteiger partial charge < -0.3 is 0 Å². The van der Waals surface area contributed by atoms with Crippen LogP contribution in [0, 0.1) is 12.5 Å². The molecule has 24 heavy (non-hydrogen) atoms. The maximum absolute atomic E-state index is 7.31. The van der Waals surface area contributed by atoms with Gasteiger partial charge in [0.25, 0.3) is 0 Å². The van der Waals surface area contributed by atoms with Crippen molar-refractivity contribution in [3.63, 3.8) is 0 Å². The Balaban J connectivity index is 1.82. The first-order chi connectivity index (χ1) is 11.7. The Labute approximate surface area is 144 Å². The fourth-order valence-corrected chi connectivity index (χ4v) is 4.94. The second-order valence-corrected chi connectivity index (χ2v) is 7.46. The molecule has 0 radical (unpaired) electrons. The molecule has 0 aliphatic heterocycles. The summed E-state index contributed by atoms with van der Waals surface area (Å²) >= 11 is 0. The molecular weight excluding hydrogens is 290 g/mol. The van der Waals surface area contributed by atoms with E-state index in [4.69, 9.17) is 6.57 Å². The molecule has 0 saturated heterocycles. The van der Waals surface area contributed by atoms with Crippen molar-refractivity contribution in [2.75, 3.05) is 0 Å². The second kappa shape index (κ2) is 5.95. The Hall–Kier alpha value is -2.33. The largest absolute Gasteiger partial charge is 0.238 e. The van der Waals surface area contributed by atoms with Gasteiger partial charge in [-0.1, -0.05) is 66.2 Å². The van der Waals surface area contributed by atoms with Crippen LogP contribution in [0.2, 0.25) is 0 Å². The van der Waals surface area contributed by atoms with Crippen LogP contribution in [0.4, 0.5) is 5.69 Å². The van der Waals surface area contributed by atoms with Crippen molar-refractivity contribution in [1.29, 1.82) is 0 Å². The van der Waals surface area contributed by atoms with Gasteiger partial charge >= 0.3 is 0 Å². The summed E-state index contributed by atoms with van der Waals surface area (Å²) in [6.07, 6.45) is 6.92. The maximum atomic E-state index is 7.31. The minimum atomic E-state index is 0.219. The van der Waals surface area contributed by atoms with Gasteiger partial charge in [0.2, 0.25) is 0 Å². The monoisotopic (exact) mass is 313 g/mol. The molecule has 2 aromatic rings. The van der Waals surface area contributed by atoms with E-state index in [2.05, 4.69) is 53.9 Å². The van der Waals surface area contributed by atoms with E-state index in [1.165, 1.54) is 35.1 Å². The maximum Gasteiger partial charge on any atom is 0.187 e. The average molecular weight is 313 g/mol. The highest BCUT2D eigenvalue weighted by Crippen LogP contribution is 2.53. The third-order valence-corrected chi connectivity index (χ3v) is 6.12. The number of rotatable bonds is 2. The van der Waals surface area contributed by atoms with Crippen LogP contribution in [0.3, 0.4) is 0 Å². The Morgan fingerprint density at radius 3 is 2.75 bits per heavy atom. The van der Waals surface area contributed by atoms with E-state index >= 15 is 0 Å². The van der Waals surface area contributed by atoms with Crippen LogP contribution in [0.1, 0.15) is 42.4 Å². The Kier molecular flexibility index (Phi) is 3.77. The lowest BCUT2D eigenvalue weighted by molar-refractivity contribution is 0.187. The van der Waals surface area contributed by atoms with Crippen molar-refractivity contribution < 1.29 is 0 Å². The first kappa shape index (κ1) is 15.2. The summed E-state index contributed by atoms with van der Waals surface area (Å²) in [5.41, 5.74) is 6.76. The molecule has 1 nitrogen and oxygen atoms in total. The van der Waals surface area contributed by atoms with E-state index in [1.54, 1.807) is 0 Å². The van der Waals surface area contributed by atoms with Crippen LogP contribution < -0.4 is 0 Å². The molecule has 4 rings (SSSR count). The zero-order valence-electron chi connectivity index (χ0n) is 14.1. The first-order valence-electron chi connectivity index (χ1n) is 8.93. The van der Waals surface area contributed by atoms with Crippen molar-refractivity contribution in [2.45, 2.75) is 43.9 Å². The number of benzene rings is 2. The molecule has 0 amide bonds. The summed E-state index contributed by atoms with van der Waals surface area (Å²) in [4.78, 5) is 3.64. The molecule has 2 aliphatic carbocycles. The van der Waals surface area contributed by atoms with E-state index < -0.39 is 0 Å². The van der Waals surface area contributed by atoms with E-state index in [9.17, 15) is 0 Å². The number of fused-ring (bicyclic) bond motifs is 3. The van der Waals surface area contributed by atoms with Crippen LogP contribution in [0.5, 0.6) is 0 Å². The molecule has 0 heterocycles. The molecule has 0 unspecified atom stereocenters. The highest BCUT2D eigenvalue weighted by atomic mass is 14.6. The Bertz CT molecular complexity index is 812. The molecule has 2 atom stereocenters. The highest BCUT2D eigenvalue weighted by Gasteiger charge is 2.45. The van der Waals surface area contributed by atoms with Crippen LogP contribution >= 0.6 is 0 Å². The quantitative estimate of drug-likeness (QED) is 0.471. The fraction of sp³-hybridized carbons (Fsp3) is 0.348. The number of nitrogens with zero attached hydrogens (tertiary/aromatic N) is 1. The Morgan fingerprint density at radius 1 is 1.12 bits per heavy atom. The van der Waals surface area contributed by atoms with Crippen LogP contribution in [-0.2, 0) is 18.3 Å². The molecule has 120 valence electrons. The van der Waals surface area contributed by atoms with Gasteiger partial charge in [-0.3, -0.25) is 0 Å². The minimum Gasteiger partial charge on any atom is -0.238 e. The smallest absolute Gasteiger partial charge is 0.187 e. The third kappa shape index (κ3) is 2.47. The predicted molar refractivity (Wildman–Crippen MR) is 99.3 cm³/mol. The molecule has 0 N–H and O–H groups in total. The summed E-state index contributed by atoms with van der Waals surface area (Å²) in [5, 5.41) is 0. The van der Waals surface area contributed by atoms with Gasteiger partial charge in [-0.25, -0.2) is 4.85 Å². The average Bonchev–Trinajstić information content (AvgIpc) is 2.62. The summed E-state index contributed by atoms with van der Waals surface area (Å²) in [6, 6.07) is 17.3. The van der Waals surface area contributed by atoms with Crippen LogP contribution in [0.25, 0.3) is 4.85 Å². The van der Waals surface area contributed by atoms with Crippen molar-refractivity contribution >= 4 is 5.69 Å². The normalized spacial score (nSPS) is 25.5. The van der Waals surface area contributed by atoms with Crippen LogP contribution in [-0.4, -0.2) is 0 Å². The lowest BCUT2D eigenvalue weighted by Gasteiger charge is -2.50. The van der Waals surface area contributed by atoms with Gasteiger partial charge in [0.05, 0.1) is 6.57 Å². The van der Waals surface area contributed by atoms with Gasteiger partial charge in [-0.15, -0.1) is 0 Å². The standard InChI is InChI=1S/C23H23N/c1-17-12-13-23(16-18-6-4-3-5-7-18)20(14-17)9-8-19-15-21(24-2)10-11-22(19)23/h3-7,10-11,15,20H,1,8-9,12-14,16H2/t20-,23+/m1/s1. The molecule has 2 aromatic carbocycles. The van der Waals surface area contributed by atoms with Crippen molar-refractivity contribution in [2.24, 2.45) is 5.92 Å². The molecule has 1 fully saturated rings. The van der Waals surface area contributed by atoms with Crippen molar-refractivity contribution in [3.8, 4) is 0 Å². The van der Waals surface area contributed by atoms with Crippen LogP contribution in [0.15, 0.2) is 60.7 Å². The second-order valence-electron chi connectivity index (χ2n) is 7.46. The number of aryl methyl sites for hydroxylation is 1. The van der Waals surface area contributed by atoms with Crippen molar-refractivity contribution in [3.05, 3.63) is 88.8 Å². The number of allylic oxidation sites excluding steroid dienone is 1. The number of hydrogen-bond acceptors (Lipinski definition) is 0. The van der Waals surface area contributed by atoms with Gasteiger partial charge in [0.15, 0.2) is 5.69 Å². The summed E-state index contributed by atoms with van der Waals surface area (Å²) < 4.78 is 0. The predicted octanol–water partition coefficient (Wildman–Crippen LogP) is 6.02. The third-order valence-electron chi connectivity index (χ3n) is 6.12. The summed E-state index contributed by atoms with van der Waals surface area (Å²) in [6.45, 7) is 11.6. The fourth-order valence-electron chi connectivity index (χ4n) is 4.94. The first-order valence-corrected chi connectivity index (χ1v) is 8.93.